The zero-order valence-corrected chi connectivity index (χ0v) is 13.9. The van der Waals surface area contributed by atoms with Gasteiger partial charge in [-0.1, -0.05) is 0 Å². The Morgan fingerprint density at radius 1 is 1.30 bits per heavy atom. The lowest BCUT2D eigenvalue weighted by Gasteiger charge is -2.19. The molecule has 20 heavy (non-hydrogen) atoms. The number of esters is 1. The number of aromatic carboxylic acids is 1. The second-order valence-electron chi connectivity index (χ2n) is 5.34. The van der Waals surface area contributed by atoms with Crippen molar-refractivity contribution in [1.29, 1.82) is 0 Å². The largest absolute Gasteiger partial charge is 0.478 e. The van der Waals surface area contributed by atoms with E-state index in [1.165, 1.54) is 0 Å². The molecular formula is C14H18INO4. The number of carbonyl (C=O) groups is 2. The number of hydrogen-bond acceptors (Lipinski definition) is 4. The molecule has 0 amide bonds. The van der Waals surface area contributed by atoms with E-state index in [0.717, 1.165) is 9.13 Å². The molecule has 0 radical (unpaired) electrons. The first kappa shape index (κ1) is 16.9. The number of ether oxygens (including phenoxy) is 1. The monoisotopic (exact) mass is 391 g/mol. The third-order valence-corrected chi connectivity index (χ3v) is 2.85. The number of benzene rings is 1. The summed E-state index contributed by atoms with van der Waals surface area (Å²) < 4.78 is 6.01. The van der Waals surface area contributed by atoms with Crippen molar-refractivity contribution >= 4 is 34.5 Å². The van der Waals surface area contributed by atoms with Gasteiger partial charge in [-0.05, 0) is 67.1 Å². The van der Waals surface area contributed by atoms with Gasteiger partial charge in [0.05, 0.1) is 12.1 Å². The lowest BCUT2D eigenvalue weighted by atomic mass is 10.1. The van der Waals surface area contributed by atoms with Gasteiger partial charge in [0.25, 0.3) is 0 Å². The maximum absolute atomic E-state index is 11.5. The Labute approximate surface area is 131 Å². The van der Waals surface area contributed by atoms with Crippen LogP contribution >= 0.6 is 22.6 Å². The highest BCUT2D eigenvalue weighted by Crippen LogP contribution is 2.13. The molecule has 0 aromatic heterocycles. The Bertz CT molecular complexity index is 508. The maximum Gasteiger partial charge on any atom is 0.335 e. The van der Waals surface area contributed by atoms with Gasteiger partial charge in [-0.15, -0.1) is 0 Å². The molecule has 110 valence electrons. The molecule has 1 aromatic rings. The van der Waals surface area contributed by atoms with E-state index in [0.29, 0.717) is 6.54 Å². The van der Waals surface area contributed by atoms with Crippen molar-refractivity contribution in [3.8, 4) is 0 Å². The van der Waals surface area contributed by atoms with Crippen molar-refractivity contribution < 1.29 is 19.4 Å². The topological polar surface area (TPSA) is 75.6 Å². The van der Waals surface area contributed by atoms with Crippen LogP contribution in [0.5, 0.6) is 0 Å². The van der Waals surface area contributed by atoms with E-state index in [2.05, 4.69) is 27.9 Å². The quantitative estimate of drug-likeness (QED) is 0.596. The van der Waals surface area contributed by atoms with Crippen molar-refractivity contribution in [2.75, 3.05) is 6.54 Å². The zero-order chi connectivity index (χ0) is 15.3. The highest BCUT2D eigenvalue weighted by Gasteiger charge is 2.15. The highest BCUT2D eigenvalue weighted by molar-refractivity contribution is 14.1. The molecule has 0 fully saturated rings. The second-order valence-corrected chi connectivity index (χ2v) is 6.59. The van der Waals surface area contributed by atoms with E-state index in [9.17, 15) is 9.59 Å². The van der Waals surface area contributed by atoms with E-state index in [1.54, 1.807) is 12.1 Å². The van der Waals surface area contributed by atoms with E-state index >= 15 is 0 Å². The van der Waals surface area contributed by atoms with Crippen LogP contribution < -0.4 is 5.32 Å². The lowest BCUT2D eigenvalue weighted by Crippen LogP contribution is -2.31. The minimum absolute atomic E-state index is 0.0884. The molecule has 0 aliphatic carbocycles. The Kier molecular flexibility index (Phi) is 5.94. The number of rotatable bonds is 5. The zero-order valence-electron chi connectivity index (χ0n) is 11.7. The van der Waals surface area contributed by atoms with Gasteiger partial charge in [-0.25, -0.2) is 4.79 Å². The van der Waals surface area contributed by atoms with Crippen LogP contribution in [-0.2, 0) is 16.1 Å². The molecule has 2 N–H and O–H groups in total. The van der Waals surface area contributed by atoms with Crippen molar-refractivity contribution in [3.63, 3.8) is 0 Å². The summed E-state index contributed by atoms with van der Waals surface area (Å²) in [7, 11) is 0. The molecule has 0 bridgehead atoms. The van der Waals surface area contributed by atoms with E-state index in [1.807, 2.05) is 26.8 Å². The van der Waals surface area contributed by atoms with Gasteiger partial charge in [0.15, 0.2) is 0 Å². The molecule has 0 saturated heterocycles. The van der Waals surface area contributed by atoms with Crippen molar-refractivity contribution in [1.82, 2.24) is 5.32 Å². The molecule has 1 rings (SSSR count). The third kappa shape index (κ3) is 6.33. The summed E-state index contributed by atoms with van der Waals surface area (Å²) in [6.07, 6.45) is 0. The predicted octanol–water partition coefficient (Wildman–Crippen LogP) is 2.42. The van der Waals surface area contributed by atoms with Gasteiger partial charge < -0.3 is 15.2 Å². The van der Waals surface area contributed by atoms with Gasteiger partial charge in [0.1, 0.15) is 5.60 Å². The van der Waals surface area contributed by atoms with Crippen LogP contribution in [0.15, 0.2) is 18.2 Å². The van der Waals surface area contributed by atoms with Crippen molar-refractivity contribution in [2.24, 2.45) is 0 Å². The van der Waals surface area contributed by atoms with E-state index in [4.69, 9.17) is 9.84 Å². The Morgan fingerprint density at radius 3 is 2.50 bits per heavy atom. The summed E-state index contributed by atoms with van der Waals surface area (Å²) in [5, 5.41) is 11.9. The molecule has 0 aliphatic rings. The summed E-state index contributed by atoms with van der Waals surface area (Å²) >= 11 is 2.06. The van der Waals surface area contributed by atoms with E-state index < -0.39 is 11.6 Å². The Balaban J connectivity index is 2.54. The first-order valence-corrected chi connectivity index (χ1v) is 7.20. The molecule has 1 aromatic carbocycles. The summed E-state index contributed by atoms with van der Waals surface area (Å²) in [6.45, 7) is 5.93. The fourth-order valence-corrected chi connectivity index (χ4v) is 2.30. The van der Waals surface area contributed by atoms with Crippen LogP contribution in [0.1, 0.15) is 36.7 Å². The number of hydrogen-bond donors (Lipinski definition) is 2. The van der Waals surface area contributed by atoms with Crippen molar-refractivity contribution in [2.45, 2.75) is 32.9 Å². The van der Waals surface area contributed by atoms with Gasteiger partial charge in [0.2, 0.25) is 0 Å². The first-order chi connectivity index (χ1) is 9.17. The second kappa shape index (κ2) is 7.03. The Hall–Kier alpha value is -1.15. The summed E-state index contributed by atoms with van der Waals surface area (Å²) in [5.74, 6) is -1.29. The molecule has 0 unspecified atom stereocenters. The molecule has 0 atom stereocenters. The molecule has 6 heteroatoms. The average Bonchev–Trinajstić information content (AvgIpc) is 2.25. The van der Waals surface area contributed by atoms with Crippen molar-refractivity contribution in [3.05, 3.63) is 32.9 Å². The van der Waals surface area contributed by atoms with Crippen LogP contribution in [0, 0.1) is 3.57 Å². The first-order valence-electron chi connectivity index (χ1n) is 6.13. The molecule has 0 aliphatic heterocycles. The highest BCUT2D eigenvalue weighted by atomic mass is 127. The molecular weight excluding hydrogens is 373 g/mol. The van der Waals surface area contributed by atoms with Crippen LogP contribution in [0.2, 0.25) is 0 Å². The standard InChI is InChI=1S/C14H18INO4/c1-14(2,3)20-12(17)8-16-7-9-4-10(13(18)19)6-11(15)5-9/h4-6,16H,7-8H2,1-3H3,(H,18,19). The number of carbonyl (C=O) groups excluding carboxylic acids is 1. The van der Waals surface area contributed by atoms with Crippen LogP contribution in [0.3, 0.4) is 0 Å². The van der Waals surface area contributed by atoms with Gasteiger partial charge >= 0.3 is 11.9 Å². The smallest absolute Gasteiger partial charge is 0.335 e. The van der Waals surface area contributed by atoms with Crippen LogP contribution in [0.4, 0.5) is 0 Å². The fraction of sp³-hybridized carbons (Fsp3) is 0.429. The van der Waals surface area contributed by atoms with E-state index in [-0.39, 0.29) is 18.1 Å². The summed E-state index contributed by atoms with van der Waals surface area (Å²) in [4.78, 5) is 22.5. The maximum atomic E-state index is 11.5. The number of carboxylic acids is 1. The van der Waals surface area contributed by atoms with Crippen LogP contribution in [0.25, 0.3) is 0 Å². The average molecular weight is 391 g/mol. The molecule has 5 nitrogen and oxygen atoms in total. The third-order valence-electron chi connectivity index (χ3n) is 2.22. The SMILES string of the molecule is CC(C)(C)OC(=O)CNCc1cc(I)cc(C(=O)O)c1. The minimum atomic E-state index is -0.961. The fourth-order valence-electron chi connectivity index (χ4n) is 1.56. The van der Waals surface area contributed by atoms with Gasteiger partial charge in [-0.2, -0.15) is 0 Å². The van der Waals surface area contributed by atoms with Crippen LogP contribution in [-0.4, -0.2) is 29.2 Å². The predicted molar refractivity (Wildman–Crippen MR) is 83.7 cm³/mol. The Morgan fingerprint density at radius 2 is 1.95 bits per heavy atom. The summed E-state index contributed by atoms with van der Waals surface area (Å²) in [5.41, 5.74) is 0.556. The number of nitrogens with one attached hydrogen (secondary N) is 1. The van der Waals surface area contributed by atoms with Gasteiger partial charge in [0, 0.05) is 10.1 Å². The molecule has 0 saturated carbocycles. The molecule has 0 heterocycles. The number of carboxylic acid groups (broad SMARTS) is 1. The normalized spacial score (nSPS) is 11.2. The van der Waals surface area contributed by atoms with Gasteiger partial charge in [-0.3, -0.25) is 4.79 Å². The number of halogens is 1. The molecule has 0 spiro atoms. The summed E-state index contributed by atoms with van der Waals surface area (Å²) in [6, 6.07) is 5.06. The minimum Gasteiger partial charge on any atom is -0.478 e. The lowest BCUT2D eigenvalue weighted by molar-refractivity contribution is -0.153.